The molecule has 8 N–H and O–H groups in total. The number of aliphatic hydroxyl groups is 1. The van der Waals surface area contributed by atoms with Crippen LogP contribution in [-0.4, -0.2) is 65.1 Å². The third-order valence-corrected chi connectivity index (χ3v) is 4.94. The van der Waals surface area contributed by atoms with Gasteiger partial charge in [0.15, 0.2) is 34.5 Å². The van der Waals surface area contributed by atoms with E-state index in [1.165, 1.54) is 0 Å². The second-order valence-corrected chi connectivity index (χ2v) is 7.28. The first-order chi connectivity index (χ1) is 15.1. The Morgan fingerprint density at radius 1 is 0.812 bits per heavy atom. The number of aliphatic carboxylic acids is 1. The Morgan fingerprint density at radius 3 is 1.69 bits per heavy atom. The molecule has 0 aromatic heterocycles. The Hall–Kier alpha value is -3.67. The average molecular weight is 450 g/mol. The van der Waals surface area contributed by atoms with E-state index in [1.807, 2.05) is 0 Å². The van der Waals surface area contributed by atoms with Crippen molar-refractivity contribution >= 4 is 5.97 Å². The summed E-state index contributed by atoms with van der Waals surface area (Å²) in [4.78, 5) is 11.4. The normalized spacial score (nSPS) is 20.7. The topological polar surface area (TPSA) is 197 Å². The summed E-state index contributed by atoms with van der Waals surface area (Å²) in [5.74, 6) is -4.91. The van der Waals surface area contributed by atoms with Crippen LogP contribution in [0, 0.1) is 0 Å². The third kappa shape index (κ3) is 4.97. The minimum absolute atomic E-state index is 0.0985. The van der Waals surface area contributed by atoms with Crippen LogP contribution in [0.5, 0.6) is 34.5 Å². The van der Waals surface area contributed by atoms with Crippen LogP contribution in [0.15, 0.2) is 35.9 Å². The Kier molecular flexibility index (Phi) is 6.63. The van der Waals surface area contributed by atoms with Crippen LogP contribution in [-0.2, 0) is 27.5 Å². The minimum atomic E-state index is -1.36. The van der Waals surface area contributed by atoms with Gasteiger partial charge in [-0.3, -0.25) is 0 Å². The van der Waals surface area contributed by atoms with Crippen LogP contribution in [0.4, 0.5) is 0 Å². The van der Waals surface area contributed by atoms with E-state index in [9.17, 15) is 45.6 Å². The van der Waals surface area contributed by atoms with Crippen molar-refractivity contribution in [3.05, 3.63) is 47.0 Å². The zero-order chi connectivity index (χ0) is 23.6. The molecule has 3 atom stereocenters. The number of carboxylic acids is 1. The molecule has 0 spiro atoms. The second kappa shape index (κ2) is 9.22. The molecule has 0 fully saturated rings. The quantitative estimate of drug-likeness (QED) is 0.282. The number of aromatic hydroxyl groups is 6. The van der Waals surface area contributed by atoms with Crippen molar-refractivity contribution in [1.82, 2.24) is 0 Å². The predicted molar refractivity (Wildman–Crippen MR) is 106 cm³/mol. The molecule has 2 aromatic rings. The van der Waals surface area contributed by atoms with E-state index < -0.39 is 58.8 Å². The molecule has 1 aliphatic carbocycles. The zero-order valence-electron chi connectivity index (χ0n) is 16.5. The number of rotatable bonds is 7. The lowest BCUT2D eigenvalue weighted by atomic mass is 9.91. The van der Waals surface area contributed by atoms with Gasteiger partial charge in [0.25, 0.3) is 0 Å². The molecule has 0 heterocycles. The Morgan fingerprint density at radius 2 is 1.25 bits per heavy atom. The number of aliphatic hydroxyl groups excluding tert-OH is 1. The van der Waals surface area contributed by atoms with Gasteiger partial charge in [0, 0.05) is 12.0 Å². The van der Waals surface area contributed by atoms with Crippen molar-refractivity contribution in [3.8, 4) is 34.5 Å². The van der Waals surface area contributed by atoms with Gasteiger partial charge in [-0.05, 0) is 41.5 Å². The smallest absolute Gasteiger partial charge is 0.331 e. The molecule has 0 aliphatic heterocycles. The number of phenols is 6. The molecule has 3 rings (SSSR count). The van der Waals surface area contributed by atoms with Gasteiger partial charge in [-0.1, -0.05) is 0 Å². The molecule has 0 saturated heterocycles. The fourth-order valence-corrected chi connectivity index (χ4v) is 3.32. The van der Waals surface area contributed by atoms with E-state index in [4.69, 9.17) is 9.47 Å². The lowest BCUT2D eigenvalue weighted by molar-refractivity contribution is -0.140. The van der Waals surface area contributed by atoms with Crippen LogP contribution in [0.2, 0.25) is 0 Å². The van der Waals surface area contributed by atoms with E-state index in [2.05, 4.69) is 0 Å². The highest BCUT2D eigenvalue weighted by Crippen LogP contribution is 2.37. The van der Waals surface area contributed by atoms with E-state index in [1.54, 1.807) is 0 Å². The summed E-state index contributed by atoms with van der Waals surface area (Å²) in [6.07, 6.45) is -2.37. The number of hydrogen-bond acceptors (Lipinski definition) is 10. The van der Waals surface area contributed by atoms with E-state index in [0.29, 0.717) is 0 Å². The number of phenolic OH excluding ortho intramolecular Hbond substituents is 6. The molecule has 0 saturated carbocycles. The van der Waals surface area contributed by atoms with Gasteiger partial charge >= 0.3 is 5.97 Å². The van der Waals surface area contributed by atoms with Crippen LogP contribution in [0.1, 0.15) is 17.5 Å². The largest absolute Gasteiger partial charge is 0.504 e. The van der Waals surface area contributed by atoms with Gasteiger partial charge in [0.1, 0.15) is 12.2 Å². The highest BCUT2D eigenvalue weighted by molar-refractivity contribution is 5.87. The molecule has 0 radical (unpaired) electrons. The summed E-state index contributed by atoms with van der Waals surface area (Å²) in [7, 11) is 0. The van der Waals surface area contributed by atoms with Crippen LogP contribution in [0.3, 0.4) is 0 Å². The maximum Gasteiger partial charge on any atom is 0.331 e. The van der Waals surface area contributed by atoms with Gasteiger partial charge in [0.2, 0.25) is 0 Å². The van der Waals surface area contributed by atoms with E-state index in [-0.39, 0.29) is 36.3 Å². The Balaban J connectivity index is 1.77. The van der Waals surface area contributed by atoms with Gasteiger partial charge < -0.3 is 50.3 Å². The number of benzene rings is 2. The van der Waals surface area contributed by atoms with Crippen molar-refractivity contribution in [2.45, 2.75) is 37.9 Å². The molecule has 32 heavy (non-hydrogen) atoms. The number of ether oxygens (including phenoxy) is 2. The molecule has 0 bridgehead atoms. The second-order valence-electron chi connectivity index (χ2n) is 7.28. The van der Waals surface area contributed by atoms with Crippen molar-refractivity contribution < 1.29 is 55.1 Å². The van der Waals surface area contributed by atoms with E-state index >= 15 is 0 Å². The van der Waals surface area contributed by atoms with Gasteiger partial charge in [0.05, 0.1) is 19.3 Å². The van der Waals surface area contributed by atoms with Gasteiger partial charge in [-0.25, -0.2) is 4.79 Å². The summed E-state index contributed by atoms with van der Waals surface area (Å²) in [5, 5.41) is 77.1. The van der Waals surface area contributed by atoms with Crippen molar-refractivity contribution in [1.29, 1.82) is 0 Å². The fraction of sp³-hybridized carbons (Fsp3) is 0.286. The zero-order valence-corrected chi connectivity index (χ0v) is 16.5. The molecule has 11 heteroatoms. The standard InChI is InChI=1S/C21H22O11/c22-12-1-9(2-13(23)18(12)27)7-31-17-6-11(21(29)30)5-16(26)20(17)32-8-10-3-14(24)19(28)15(25)4-10/h1-5,16-17,20,22-28H,6-8H2,(H,29,30)/t16-,17-,20-/m1/s1. The summed E-state index contributed by atoms with van der Waals surface area (Å²) < 4.78 is 11.4. The Bertz CT molecular complexity index is 1000. The van der Waals surface area contributed by atoms with Crippen LogP contribution < -0.4 is 0 Å². The number of hydrogen-bond donors (Lipinski definition) is 8. The Labute approximate surface area is 181 Å². The monoisotopic (exact) mass is 450 g/mol. The SMILES string of the molecule is O=C(O)C1=C[C@@H](O)[C@@H](OCc2cc(O)c(O)c(O)c2)[C@H](OCc2cc(O)c(O)c(O)c2)C1. The van der Waals surface area contributed by atoms with Crippen molar-refractivity contribution in [2.24, 2.45) is 0 Å². The molecular formula is C21H22O11. The fourth-order valence-electron chi connectivity index (χ4n) is 3.32. The number of carboxylic acid groups (broad SMARTS) is 1. The van der Waals surface area contributed by atoms with Crippen molar-refractivity contribution in [3.63, 3.8) is 0 Å². The maximum absolute atomic E-state index is 11.4. The summed E-state index contributed by atoms with van der Waals surface area (Å²) >= 11 is 0. The molecule has 0 amide bonds. The predicted octanol–water partition coefficient (Wildman–Crippen LogP) is 1.17. The summed E-state index contributed by atoms with van der Waals surface area (Å²) in [5.41, 5.74) is 0.440. The van der Waals surface area contributed by atoms with Crippen LogP contribution in [0.25, 0.3) is 0 Å². The maximum atomic E-state index is 11.4. The molecule has 0 unspecified atom stereocenters. The highest BCUT2D eigenvalue weighted by atomic mass is 16.5. The summed E-state index contributed by atoms with van der Waals surface area (Å²) in [6.45, 7) is -0.438. The summed E-state index contributed by atoms with van der Waals surface area (Å²) in [6, 6.07) is 4.61. The average Bonchev–Trinajstić information content (AvgIpc) is 2.72. The minimum Gasteiger partial charge on any atom is -0.504 e. The molecule has 172 valence electrons. The number of carbonyl (C=O) groups is 1. The first-order valence-corrected chi connectivity index (χ1v) is 9.39. The molecular weight excluding hydrogens is 428 g/mol. The third-order valence-electron chi connectivity index (χ3n) is 4.94. The molecule has 1 aliphatic rings. The molecule has 11 nitrogen and oxygen atoms in total. The lowest BCUT2D eigenvalue weighted by Crippen LogP contribution is -2.44. The highest BCUT2D eigenvalue weighted by Gasteiger charge is 2.36. The first-order valence-electron chi connectivity index (χ1n) is 9.39. The van der Waals surface area contributed by atoms with Crippen LogP contribution >= 0.6 is 0 Å². The van der Waals surface area contributed by atoms with Gasteiger partial charge in [-0.15, -0.1) is 0 Å². The lowest BCUT2D eigenvalue weighted by Gasteiger charge is -2.33. The van der Waals surface area contributed by atoms with E-state index in [0.717, 1.165) is 30.3 Å². The first kappa shape index (κ1) is 23.0. The van der Waals surface area contributed by atoms with Gasteiger partial charge in [-0.2, -0.15) is 0 Å². The van der Waals surface area contributed by atoms with Crippen molar-refractivity contribution in [2.75, 3.05) is 0 Å². The molecule has 2 aromatic carbocycles.